The molecule has 2 aliphatic rings. The lowest BCUT2D eigenvalue weighted by molar-refractivity contribution is 0.0543. The van der Waals surface area contributed by atoms with Crippen molar-refractivity contribution in [3.05, 3.63) is 65.5 Å². The van der Waals surface area contributed by atoms with Crippen molar-refractivity contribution in [1.29, 1.82) is 0 Å². The minimum Gasteiger partial charge on any atom is -0.334 e. The quantitative estimate of drug-likeness (QED) is 0.765. The fourth-order valence-electron chi connectivity index (χ4n) is 4.48. The predicted octanol–water partition coefficient (Wildman–Crippen LogP) is 2.88. The van der Waals surface area contributed by atoms with E-state index in [0.29, 0.717) is 11.9 Å². The minimum absolute atomic E-state index is 0.0137. The zero-order valence-corrected chi connectivity index (χ0v) is 15.4. The minimum atomic E-state index is 0.0137. The summed E-state index contributed by atoms with van der Waals surface area (Å²) in [4.78, 5) is 25.0. The number of rotatable bonds is 2. The second-order valence-corrected chi connectivity index (χ2v) is 7.60. The van der Waals surface area contributed by atoms with Crippen molar-refractivity contribution >= 4 is 16.9 Å². The summed E-state index contributed by atoms with van der Waals surface area (Å²) in [5.41, 5.74) is 4.77. The van der Waals surface area contributed by atoms with Gasteiger partial charge in [0.2, 0.25) is 0 Å². The number of carbonyl (C=O) groups is 1. The summed E-state index contributed by atoms with van der Waals surface area (Å²) >= 11 is 0. The number of benzene rings is 2. The van der Waals surface area contributed by atoms with E-state index in [1.54, 1.807) is 0 Å². The van der Waals surface area contributed by atoms with E-state index in [1.807, 2.05) is 29.2 Å². The number of hydrogen-bond acceptors (Lipinski definition) is 3. The van der Waals surface area contributed by atoms with E-state index in [0.717, 1.165) is 43.6 Å². The first-order valence-electron chi connectivity index (χ1n) is 9.83. The molecule has 2 aromatic carbocycles. The number of H-pyrrole nitrogens is 1. The molecule has 1 aliphatic carbocycles. The zero-order valence-electron chi connectivity index (χ0n) is 15.4. The van der Waals surface area contributed by atoms with Crippen molar-refractivity contribution in [3.8, 4) is 0 Å². The van der Waals surface area contributed by atoms with Crippen LogP contribution in [-0.4, -0.2) is 57.9 Å². The highest BCUT2D eigenvalue weighted by molar-refractivity contribution is 5.94. The van der Waals surface area contributed by atoms with Crippen LogP contribution in [0.15, 0.2) is 48.5 Å². The van der Waals surface area contributed by atoms with E-state index in [2.05, 4.69) is 39.1 Å². The van der Waals surface area contributed by atoms with Gasteiger partial charge in [-0.1, -0.05) is 36.4 Å². The lowest BCUT2D eigenvalue weighted by atomic mass is 9.87. The molecule has 0 saturated carbocycles. The normalized spacial score (nSPS) is 20.6. The molecule has 2 heterocycles. The van der Waals surface area contributed by atoms with Gasteiger partial charge in [-0.3, -0.25) is 9.69 Å². The van der Waals surface area contributed by atoms with Crippen molar-refractivity contribution < 1.29 is 4.79 Å². The van der Waals surface area contributed by atoms with Crippen LogP contribution in [0.4, 0.5) is 0 Å². The number of para-hydroxylation sites is 2. The van der Waals surface area contributed by atoms with Gasteiger partial charge in [-0.05, 0) is 42.5 Å². The van der Waals surface area contributed by atoms with Crippen LogP contribution in [0, 0.1) is 0 Å². The van der Waals surface area contributed by atoms with Gasteiger partial charge in [0.1, 0.15) is 0 Å². The molecule has 1 N–H and O–H groups in total. The van der Waals surface area contributed by atoms with Crippen LogP contribution in [-0.2, 0) is 12.8 Å². The maximum Gasteiger partial charge on any atom is 0.289 e. The Bertz CT molecular complexity index is 938. The molecule has 1 saturated heterocycles. The number of carbonyl (C=O) groups excluding carboxylic acids is 1. The van der Waals surface area contributed by atoms with Gasteiger partial charge in [0.25, 0.3) is 5.91 Å². The van der Waals surface area contributed by atoms with Crippen LogP contribution in [0.25, 0.3) is 11.0 Å². The molecule has 5 rings (SSSR count). The summed E-state index contributed by atoms with van der Waals surface area (Å²) in [5.74, 6) is 0.469. The average molecular weight is 360 g/mol. The molecular weight excluding hydrogens is 336 g/mol. The van der Waals surface area contributed by atoms with Crippen LogP contribution < -0.4 is 0 Å². The molecule has 1 amide bonds. The first kappa shape index (κ1) is 16.5. The lowest BCUT2D eigenvalue weighted by Gasteiger charge is -2.40. The van der Waals surface area contributed by atoms with Gasteiger partial charge in [0.15, 0.2) is 5.82 Å². The summed E-state index contributed by atoms with van der Waals surface area (Å²) in [7, 11) is 0. The molecule has 3 aromatic rings. The van der Waals surface area contributed by atoms with Crippen LogP contribution in [0.1, 0.15) is 28.2 Å². The number of aromatic nitrogens is 2. The number of fused-ring (bicyclic) bond motifs is 2. The molecule has 5 nitrogen and oxygen atoms in total. The highest BCUT2D eigenvalue weighted by Gasteiger charge is 2.29. The molecule has 1 aliphatic heterocycles. The number of nitrogens with zero attached hydrogens (tertiary/aromatic N) is 3. The summed E-state index contributed by atoms with van der Waals surface area (Å²) in [6.07, 6.45) is 3.52. The van der Waals surface area contributed by atoms with Crippen molar-refractivity contribution in [1.82, 2.24) is 19.8 Å². The number of aromatic amines is 1. The molecule has 0 radical (unpaired) electrons. The predicted molar refractivity (Wildman–Crippen MR) is 106 cm³/mol. The SMILES string of the molecule is O=C(c1nc2ccccc2[nH]1)N1CCN(C2CCc3ccccc3C2)CC1. The number of imidazole rings is 1. The number of amides is 1. The van der Waals surface area contributed by atoms with Gasteiger partial charge in [-0.2, -0.15) is 0 Å². The summed E-state index contributed by atoms with van der Waals surface area (Å²) in [6, 6.07) is 17.2. The van der Waals surface area contributed by atoms with E-state index < -0.39 is 0 Å². The molecule has 0 bridgehead atoms. The largest absolute Gasteiger partial charge is 0.334 e. The monoisotopic (exact) mass is 360 g/mol. The van der Waals surface area contributed by atoms with E-state index in [4.69, 9.17) is 0 Å². The topological polar surface area (TPSA) is 52.2 Å². The van der Waals surface area contributed by atoms with Crippen molar-refractivity contribution in [2.45, 2.75) is 25.3 Å². The van der Waals surface area contributed by atoms with Crippen molar-refractivity contribution in [3.63, 3.8) is 0 Å². The van der Waals surface area contributed by atoms with E-state index >= 15 is 0 Å². The van der Waals surface area contributed by atoms with Crippen LogP contribution in [0.2, 0.25) is 0 Å². The highest BCUT2D eigenvalue weighted by atomic mass is 16.2. The lowest BCUT2D eigenvalue weighted by Crippen LogP contribution is -2.53. The Morgan fingerprint density at radius 2 is 1.70 bits per heavy atom. The van der Waals surface area contributed by atoms with Gasteiger partial charge in [0, 0.05) is 32.2 Å². The van der Waals surface area contributed by atoms with Gasteiger partial charge in [-0.15, -0.1) is 0 Å². The maximum atomic E-state index is 12.8. The number of piperazine rings is 1. The Balaban J connectivity index is 1.23. The number of nitrogens with one attached hydrogen (secondary N) is 1. The second-order valence-electron chi connectivity index (χ2n) is 7.60. The summed E-state index contributed by atoms with van der Waals surface area (Å²) in [6.45, 7) is 3.43. The van der Waals surface area contributed by atoms with E-state index in [9.17, 15) is 4.79 Å². The fraction of sp³-hybridized carbons (Fsp3) is 0.364. The first-order valence-corrected chi connectivity index (χ1v) is 9.83. The Morgan fingerprint density at radius 1 is 0.963 bits per heavy atom. The van der Waals surface area contributed by atoms with Gasteiger partial charge >= 0.3 is 0 Å². The molecular formula is C22H24N4O. The van der Waals surface area contributed by atoms with Crippen molar-refractivity contribution in [2.24, 2.45) is 0 Å². The smallest absolute Gasteiger partial charge is 0.289 e. The summed E-state index contributed by atoms with van der Waals surface area (Å²) in [5, 5.41) is 0. The molecule has 5 heteroatoms. The molecule has 27 heavy (non-hydrogen) atoms. The molecule has 138 valence electrons. The molecule has 0 spiro atoms. The Kier molecular flexibility index (Phi) is 4.17. The van der Waals surface area contributed by atoms with Gasteiger partial charge in [-0.25, -0.2) is 4.98 Å². The van der Waals surface area contributed by atoms with Gasteiger partial charge < -0.3 is 9.88 Å². The first-order chi connectivity index (χ1) is 13.3. The third kappa shape index (κ3) is 3.12. The van der Waals surface area contributed by atoms with E-state index in [-0.39, 0.29) is 5.91 Å². The third-order valence-electron chi connectivity index (χ3n) is 6.03. The van der Waals surface area contributed by atoms with Gasteiger partial charge in [0.05, 0.1) is 11.0 Å². The Morgan fingerprint density at radius 3 is 2.52 bits per heavy atom. The van der Waals surface area contributed by atoms with Crippen molar-refractivity contribution in [2.75, 3.05) is 26.2 Å². The standard InChI is InChI=1S/C22H24N4O/c27-22(21-23-19-7-3-4-8-20(19)24-21)26-13-11-25(12-14-26)18-10-9-16-5-1-2-6-17(16)15-18/h1-8,18H,9-15H2,(H,23,24). The third-order valence-corrected chi connectivity index (χ3v) is 6.03. The van der Waals surface area contributed by atoms with Crippen LogP contribution in [0.3, 0.4) is 0 Å². The Labute approximate surface area is 159 Å². The van der Waals surface area contributed by atoms with E-state index in [1.165, 1.54) is 24.0 Å². The average Bonchev–Trinajstić information content (AvgIpc) is 3.17. The highest BCUT2D eigenvalue weighted by Crippen LogP contribution is 2.25. The molecule has 1 unspecified atom stereocenters. The zero-order chi connectivity index (χ0) is 18.2. The number of hydrogen-bond donors (Lipinski definition) is 1. The number of aryl methyl sites for hydroxylation is 1. The maximum absolute atomic E-state index is 12.8. The fourth-order valence-corrected chi connectivity index (χ4v) is 4.48. The molecule has 1 fully saturated rings. The second kappa shape index (κ2) is 6.82. The summed E-state index contributed by atoms with van der Waals surface area (Å²) < 4.78 is 0. The Hall–Kier alpha value is -2.66. The molecule has 1 atom stereocenters. The molecule has 1 aromatic heterocycles. The van der Waals surface area contributed by atoms with Crippen LogP contribution in [0.5, 0.6) is 0 Å². The van der Waals surface area contributed by atoms with Crippen LogP contribution >= 0.6 is 0 Å².